The van der Waals surface area contributed by atoms with Crippen LogP contribution in [-0.2, 0) is 6.54 Å². The summed E-state index contributed by atoms with van der Waals surface area (Å²) in [6, 6.07) is 18.4. The first kappa shape index (κ1) is 16.8. The Balaban J connectivity index is 1.99. The fourth-order valence-corrected chi connectivity index (χ4v) is 3.83. The zero-order valence-corrected chi connectivity index (χ0v) is 15.0. The van der Waals surface area contributed by atoms with Gasteiger partial charge in [-0.1, -0.05) is 71.9 Å². The number of aromatic nitrogens is 3. The third-order valence-corrected chi connectivity index (χ3v) is 5.26. The van der Waals surface area contributed by atoms with E-state index in [0.29, 0.717) is 6.54 Å². The van der Waals surface area contributed by atoms with Gasteiger partial charge in [-0.25, -0.2) is 0 Å². The molecule has 0 fully saturated rings. The number of allylic oxidation sites excluding steroid dienone is 1. The lowest BCUT2D eigenvalue weighted by Gasteiger charge is -2.17. The minimum atomic E-state index is 0.121. The summed E-state index contributed by atoms with van der Waals surface area (Å²) in [5.74, 6) is 0.889. The lowest BCUT2D eigenvalue weighted by molar-refractivity contribution is 0.702. The van der Waals surface area contributed by atoms with Crippen LogP contribution in [0.1, 0.15) is 22.2 Å². The molecule has 0 aliphatic carbocycles. The molecule has 122 valence electrons. The van der Waals surface area contributed by atoms with Gasteiger partial charge in [0, 0.05) is 11.6 Å². The second kappa shape index (κ2) is 7.69. The average molecular weight is 356 g/mol. The number of aryl methyl sites for hydroxylation is 1. The van der Waals surface area contributed by atoms with Crippen LogP contribution >= 0.6 is 23.4 Å². The SMILES string of the molecule is C=CCn1c(C)nnc1SC(c1ccccc1)c1ccc(Cl)cc1. The molecule has 0 amide bonds. The van der Waals surface area contributed by atoms with Crippen molar-refractivity contribution in [1.29, 1.82) is 0 Å². The summed E-state index contributed by atoms with van der Waals surface area (Å²) < 4.78 is 2.07. The molecule has 0 spiro atoms. The number of halogens is 1. The van der Waals surface area contributed by atoms with Crippen molar-refractivity contribution in [2.24, 2.45) is 0 Å². The number of hydrogen-bond acceptors (Lipinski definition) is 3. The molecule has 0 aliphatic rings. The molecule has 0 N–H and O–H groups in total. The summed E-state index contributed by atoms with van der Waals surface area (Å²) in [6.45, 7) is 6.48. The topological polar surface area (TPSA) is 30.7 Å². The molecule has 0 bridgehead atoms. The fourth-order valence-electron chi connectivity index (χ4n) is 2.49. The monoisotopic (exact) mass is 355 g/mol. The van der Waals surface area contributed by atoms with Crippen molar-refractivity contribution in [3.8, 4) is 0 Å². The van der Waals surface area contributed by atoms with Crippen molar-refractivity contribution in [3.05, 3.63) is 89.2 Å². The Hall–Kier alpha value is -2.04. The predicted molar refractivity (Wildman–Crippen MR) is 101 cm³/mol. The molecule has 0 aliphatic heterocycles. The van der Waals surface area contributed by atoms with Crippen LogP contribution in [-0.4, -0.2) is 14.8 Å². The van der Waals surface area contributed by atoms with E-state index < -0.39 is 0 Å². The van der Waals surface area contributed by atoms with Gasteiger partial charge >= 0.3 is 0 Å². The van der Waals surface area contributed by atoms with E-state index in [1.165, 1.54) is 11.1 Å². The van der Waals surface area contributed by atoms with Gasteiger partial charge in [0.2, 0.25) is 0 Å². The Labute approximate surface area is 151 Å². The van der Waals surface area contributed by atoms with Crippen molar-refractivity contribution in [2.75, 3.05) is 0 Å². The van der Waals surface area contributed by atoms with E-state index in [2.05, 4.69) is 57.7 Å². The van der Waals surface area contributed by atoms with E-state index in [1.54, 1.807) is 11.8 Å². The summed E-state index contributed by atoms with van der Waals surface area (Å²) in [5, 5.41) is 10.3. The highest BCUT2D eigenvalue weighted by atomic mass is 35.5. The number of hydrogen-bond donors (Lipinski definition) is 0. The first-order valence-electron chi connectivity index (χ1n) is 7.67. The Morgan fingerprint density at radius 2 is 1.75 bits per heavy atom. The molecule has 1 heterocycles. The summed E-state index contributed by atoms with van der Waals surface area (Å²) >= 11 is 7.73. The molecule has 1 aromatic heterocycles. The van der Waals surface area contributed by atoms with Crippen LogP contribution < -0.4 is 0 Å². The Morgan fingerprint density at radius 3 is 2.42 bits per heavy atom. The highest BCUT2D eigenvalue weighted by molar-refractivity contribution is 7.99. The third-order valence-electron chi connectivity index (χ3n) is 3.71. The van der Waals surface area contributed by atoms with Crippen molar-refractivity contribution >= 4 is 23.4 Å². The van der Waals surface area contributed by atoms with Crippen molar-refractivity contribution < 1.29 is 0 Å². The van der Waals surface area contributed by atoms with Crippen molar-refractivity contribution in [3.63, 3.8) is 0 Å². The molecular formula is C19H18ClN3S. The minimum Gasteiger partial charge on any atom is -0.302 e. The molecule has 1 atom stereocenters. The molecule has 3 rings (SSSR count). The second-order valence-corrected chi connectivity index (χ2v) is 6.90. The van der Waals surface area contributed by atoms with Crippen LogP contribution in [0.4, 0.5) is 0 Å². The van der Waals surface area contributed by atoms with Gasteiger partial charge in [-0.3, -0.25) is 0 Å². The molecule has 3 nitrogen and oxygen atoms in total. The predicted octanol–water partition coefficient (Wildman–Crippen LogP) is 5.31. The first-order chi connectivity index (χ1) is 11.7. The Morgan fingerprint density at radius 1 is 1.08 bits per heavy atom. The lowest BCUT2D eigenvalue weighted by Crippen LogP contribution is -2.03. The van der Waals surface area contributed by atoms with E-state index in [-0.39, 0.29) is 5.25 Å². The third kappa shape index (κ3) is 3.71. The molecule has 24 heavy (non-hydrogen) atoms. The van der Waals surface area contributed by atoms with E-state index in [0.717, 1.165) is 16.0 Å². The number of thioether (sulfide) groups is 1. The van der Waals surface area contributed by atoms with Crippen LogP contribution in [0, 0.1) is 6.92 Å². The molecule has 3 aromatic rings. The van der Waals surface area contributed by atoms with Gasteiger partial charge in [-0.15, -0.1) is 16.8 Å². The zero-order chi connectivity index (χ0) is 16.9. The van der Waals surface area contributed by atoms with E-state index in [4.69, 9.17) is 11.6 Å². The molecule has 0 saturated carbocycles. The van der Waals surface area contributed by atoms with E-state index >= 15 is 0 Å². The van der Waals surface area contributed by atoms with Gasteiger partial charge in [0.25, 0.3) is 0 Å². The molecular weight excluding hydrogens is 338 g/mol. The molecule has 0 saturated heterocycles. The normalized spacial score (nSPS) is 12.1. The van der Waals surface area contributed by atoms with E-state index in [1.807, 2.05) is 31.2 Å². The smallest absolute Gasteiger partial charge is 0.192 e. The zero-order valence-electron chi connectivity index (χ0n) is 13.4. The van der Waals surface area contributed by atoms with Crippen LogP contribution in [0.25, 0.3) is 0 Å². The van der Waals surface area contributed by atoms with Crippen LogP contribution in [0.3, 0.4) is 0 Å². The van der Waals surface area contributed by atoms with Gasteiger partial charge < -0.3 is 4.57 Å². The largest absolute Gasteiger partial charge is 0.302 e. The quantitative estimate of drug-likeness (QED) is 0.443. The molecule has 1 unspecified atom stereocenters. The first-order valence-corrected chi connectivity index (χ1v) is 8.92. The van der Waals surface area contributed by atoms with Crippen LogP contribution in [0.15, 0.2) is 72.4 Å². The number of rotatable bonds is 6. The Bertz CT molecular complexity index is 812. The van der Waals surface area contributed by atoms with Gasteiger partial charge in [0.15, 0.2) is 5.16 Å². The lowest BCUT2D eigenvalue weighted by atomic mass is 10.0. The summed E-state index contributed by atoms with van der Waals surface area (Å²) in [5.41, 5.74) is 2.40. The summed E-state index contributed by atoms with van der Waals surface area (Å²) in [7, 11) is 0. The second-order valence-electron chi connectivity index (χ2n) is 5.39. The maximum Gasteiger partial charge on any atom is 0.192 e. The maximum absolute atomic E-state index is 6.05. The minimum absolute atomic E-state index is 0.121. The van der Waals surface area contributed by atoms with Crippen LogP contribution in [0.5, 0.6) is 0 Å². The average Bonchev–Trinajstić information content (AvgIpc) is 2.95. The van der Waals surface area contributed by atoms with Crippen LogP contribution in [0.2, 0.25) is 5.02 Å². The van der Waals surface area contributed by atoms with Gasteiger partial charge in [-0.05, 0) is 30.2 Å². The fraction of sp³-hybridized carbons (Fsp3) is 0.158. The summed E-state index contributed by atoms with van der Waals surface area (Å²) in [4.78, 5) is 0. The number of benzene rings is 2. The summed E-state index contributed by atoms with van der Waals surface area (Å²) in [6.07, 6.45) is 1.86. The highest BCUT2D eigenvalue weighted by Crippen LogP contribution is 2.40. The molecule has 0 radical (unpaired) electrons. The van der Waals surface area contributed by atoms with Gasteiger partial charge in [0.1, 0.15) is 5.82 Å². The van der Waals surface area contributed by atoms with E-state index in [9.17, 15) is 0 Å². The van der Waals surface area contributed by atoms with Crippen molar-refractivity contribution in [2.45, 2.75) is 23.9 Å². The van der Waals surface area contributed by atoms with Gasteiger partial charge in [0.05, 0.1) is 5.25 Å². The maximum atomic E-state index is 6.05. The molecule has 2 aromatic carbocycles. The Kier molecular flexibility index (Phi) is 5.38. The standard InChI is InChI=1S/C19H18ClN3S/c1-3-13-23-14(2)21-22-19(23)24-18(15-7-5-4-6-8-15)16-9-11-17(20)12-10-16/h3-12,18H,1,13H2,2H3. The number of nitrogens with zero attached hydrogens (tertiary/aromatic N) is 3. The van der Waals surface area contributed by atoms with Gasteiger partial charge in [-0.2, -0.15) is 0 Å². The molecule has 5 heteroatoms. The van der Waals surface area contributed by atoms with Crippen molar-refractivity contribution in [1.82, 2.24) is 14.8 Å². The highest BCUT2D eigenvalue weighted by Gasteiger charge is 2.19.